The quantitative estimate of drug-likeness (QED) is 0.883. The second-order valence-electron chi connectivity index (χ2n) is 7.14. The number of hydrogen-bond acceptors (Lipinski definition) is 5. The number of nitrogens with one attached hydrogen (secondary N) is 2. The van der Waals surface area contributed by atoms with Crippen molar-refractivity contribution in [3.05, 3.63) is 47.3 Å². The van der Waals surface area contributed by atoms with Crippen molar-refractivity contribution in [2.45, 2.75) is 31.4 Å². The van der Waals surface area contributed by atoms with E-state index >= 15 is 0 Å². The number of amides is 1. The summed E-state index contributed by atoms with van der Waals surface area (Å²) in [6, 6.07) is 11.6. The van der Waals surface area contributed by atoms with Gasteiger partial charge in [0, 0.05) is 24.3 Å². The zero-order chi connectivity index (χ0) is 18.1. The fourth-order valence-corrected chi connectivity index (χ4v) is 3.84. The average Bonchev–Trinajstić information content (AvgIpc) is 3.36. The Labute approximate surface area is 152 Å². The molecular weight excluding hydrogens is 330 g/mol. The molecule has 0 aliphatic carbocycles. The van der Waals surface area contributed by atoms with Gasteiger partial charge in [0.1, 0.15) is 5.69 Å². The number of nitriles is 1. The predicted octanol–water partition coefficient (Wildman–Crippen LogP) is 2.08. The Balaban J connectivity index is 1.39. The number of nitrogens with zero attached hydrogens (tertiary/aromatic N) is 3. The first-order valence-corrected chi connectivity index (χ1v) is 8.79. The lowest BCUT2D eigenvalue weighted by Crippen LogP contribution is -2.36. The number of aromatic amines is 1. The van der Waals surface area contributed by atoms with Crippen molar-refractivity contribution in [3.8, 4) is 6.07 Å². The molecule has 2 saturated heterocycles. The molecule has 0 radical (unpaired) electrons. The summed E-state index contributed by atoms with van der Waals surface area (Å²) in [5, 5.41) is 19.4. The molecule has 1 amide bonds. The van der Waals surface area contributed by atoms with Gasteiger partial charge in [0.2, 0.25) is 0 Å². The molecule has 0 saturated carbocycles. The fourth-order valence-electron chi connectivity index (χ4n) is 3.84. The molecule has 26 heavy (non-hydrogen) atoms. The summed E-state index contributed by atoms with van der Waals surface area (Å²) >= 11 is 0. The van der Waals surface area contributed by atoms with Gasteiger partial charge in [-0.3, -0.25) is 9.89 Å². The number of carbonyl (C=O) groups is 1. The maximum atomic E-state index is 12.6. The van der Waals surface area contributed by atoms with Crippen molar-refractivity contribution in [1.29, 1.82) is 5.26 Å². The molecule has 2 aromatic rings. The van der Waals surface area contributed by atoms with Crippen LogP contribution in [0.5, 0.6) is 0 Å². The molecule has 2 aliphatic rings. The molecule has 1 spiro atoms. The number of carbonyl (C=O) groups excluding carboxylic acids is 1. The lowest BCUT2D eigenvalue weighted by atomic mass is 9.97. The second kappa shape index (κ2) is 6.46. The monoisotopic (exact) mass is 351 g/mol. The van der Waals surface area contributed by atoms with Crippen molar-refractivity contribution in [3.63, 3.8) is 0 Å². The van der Waals surface area contributed by atoms with Crippen molar-refractivity contribution in [2.24, 2.45) is 0 Å². The van der Waals surface area contributed by atoms with Crippen LogP contribution in [0.3, 0.4) is 0 Å². The number of rotatable bonds is 3. The van der Waals surface area contributed by atoms with Crippen LogP contribution < -0.4 is 5.32 Å². The SMILES string of the molecule is Cc1cc(C(=O)N2CC[C@@]3(C[C@H](Nc4cccc(C#N)c4)CO3)C2)n[nH]1. The van der Waals surface area contributed by atoms with Gasteiger partial charge in [0.25, 0.3) is 5.91 Å². The Morgan fingerprint density at radius 1 is 1.50 bits per heavy atom. The third-order valence-electron chi connectivity index (χ3n) is 5.10. The van der Waals surface area contributed by atoms with Gasteiger partial charge in [-0.05, 0) is 37.6 Å². The number of hydrogen-bond donors (Lipinski definition) is 2. The highest BCUT2D eigenvalue weighted by Crippen LogP contribution is 2.36. The standard InChI is InChI=1S/C19H21N5O2/c1-13-7-17(23-22-13)18(25)24-6-5-19(12-24)9-16(11-26-19)21-15-4-2-3-14(8-15)10-20/h2-4,7-8,16,21H,5-6,9,11-12H2,1H3,(H,22,23)/t16-,19+/m0/s1. The molecule has 2 aliphatic heterocycles. The summed E-state index contributed by atoms with van der Waals surface area (Å²) in [5.74, 6) is -0.0482. The second-order valence-corrected chi connectivity index (χ2v) is 7.14. The van der Waals surface area contributed by atoms with Crippen molar-refractivity contribution in [1.82, 2.24) is 15.1 Å². The van der Waals surface area contributed by atoms with Gasteiger partial charge in [-0.15, -0.1) is 0 Å². The van der Waals surface area contributed by atoms with Gasteiger partial charge in [0.05, 0.1) is 36.4 Å². The topological polar surface area (TPSA) is 94.0 Å². The molecule has 7 heteroatoms. The number of ether oxygens (including phenoxy) is 1. The van der Waals surface area contributed by atoms with E-state index in [1.165, 1.54) is 0 Å². The van der Waals surface area contributed by atoms with Gasteiger partial charge in [-0.2, -0.15) is 10.4 Å². The third kappa shape index (κ3) is 3.16. The van der Waals surface area contributed by atoms with E-state index in [-0.39, 0.29) is 17.6 Å². The van der Waals surface area contributed by atoms with Gasteiger partial charge in [-0.1, -0.05) is 6.07 Å². The zero-order valence-electron chi connectivity index (χ0n) is 14.7. The van der Waals surface area contributed by atoms with Crippen LogP contribution in [0.1, 0.15) is 34.6 Å². The summed E-state index contributed by atoms with van der Waals surface area (Å²) in [5.41, 5.74) is 2.61. The minimum absolute atomic E-state index is 0.0482. The van der Waals surface area contributed by atoms with Crippen LogP contribution >= 0.6 is 0 Å². The van der Waals surface area contributed by atoms with Crippen molar-refractivity contribution < 1.29 is 9.53 Å². The molecule has 0 unspecified atom stereocenters. The number of aryl methyl sites for hydroxylation is 1. The third-order valence-corrected chi connectivity index (χ3v) is 5.10. The van der Waals surface area contributed by atoms with E-state index in [0.29, 0.717) is 31.0 Å². The highest BCUT2D eigenvalue weighted by molar-refractivity contribution is 5.92. The van der Waals surface area contributed by atoms with E-state index in [9.17, 15) is 4.79 Å². The van der Waals surface area contributed by atoms with E-state index in [1.54, 1.807) is 12.1 Å². The first kappa shape index (κ1) is 16.6. The lowest BCUT2D eigenvalue weighted by Gasteiger charge is -2.23. The maximum absolute atomic E-state index is 12.6. The van der Waals surface area contributed by atoms with Crippen molar-refractivity contribution in [2.75, 3.05) is 25.0 Å². The van der Waals surface area contributed by atoms with Crippen LogP contribution in [0.2, 0.25) is 0 Å². The summed E-state index contributed by atoms with van der Waals surface area (Å²) in [4.78, 5) is 14.4. The smallest absolute Gasteiger partial charge is 0.274 e. The summed E-state index contributed by atoms with van der Waals surface area (Å²) in [7, 11) is 0. The van der Waals surface area contributed by atoms with Crippen LogP contribution in [0, 0.1) is 18.3 Å². The molecule has 2 atom stereocenters. The predicted molar refractivity (Wildman–Crippen MR) is 95.7 cm³/mol. The van der Waals surface area contributed by atoms with E-state index in [4.69, 9.17) is 10.00 Å². The Bertz CT molecular complexity index is 871. The number of benzene rings is 1. The maximum Gasteiger partial charge on any atom is 0.274 e. The summed E-state index contributed by atoms with van der Waals surface area (Å²) < 4.78 is 6.11. The Kier molecular flexibility index (Phi) is 4.13. The Morgan fingerprint density at radius 3 is 3.15 bits per heavy atom. The molecular formula is C19H21N5O2. The molecule has 4 rings (SSSR count). The van der Waals surface area contributed by atoms with E-state index in [0.717, 1.165) is 24.2 Å². The van der Waals surface area contributed by atoms with Gasteiger partial charge in [0.15, 0.2) is 0 Å². The first-order chi connectivity index (χ1) is 12.6. The largest absolute Gasteiger partial charge is 0.380 e. The van der Waals surface area contributed by atoms with Crippen LogP contribution in [-0.2, 0) is 4.74 Å². The minimum Gasteiger partial charge on any atom is -0.380 e. The molecule has 2 N–H and O–H groups in total. The van der Waals surface area contributed by atoms with E-state index in [2.05, 4.69) is 21.6 Å². The average molecular weight is 351 g/mol. The van der Waals surface area contributed by atoms with Crippen LogP contribution in [0.4, 0.5) is 5.69 Å². The zero-order valence-corrected chi connectivity index (χ0v) is 14.7. The molecule has 3 heterocycles. The van der Waals surface area contributed by atoms with Gasteiger partial charge < -0.3 is 15.0 Å². The lowest BCUT2D eigenvalue weighted by molar-refractivity contribution is 0.0124. The van der Waals surface area contributed by atoms with E-state index in [1.807, 2.05) is 30.0 Å². The Morgan fingerprint density at radius 2 is 2.38 bits per heavy atom. The molecule has 134 valence electrons. The van der Waals surface area contributed by atoms with Gasteiger partial charge >= 0.3 is 0 Å². The number of H-pyrrole nitrogens is 1. The Hall–Kier alpha value is -2.85. The normalized spacial score (nSPS) is 24.8. The van der Waals surface area contributed by atoms with E-state index < -0.39 is 0 Å². The number of aromatic nitrogens is 2. The fraction of sp³-hybridized carbons (Fsp3) is 0.421. The van der Waals surface area contributed by atoms with Crippen LogP contribution in [0.15, 0.2) is 30.3 Å². The molecule has 7 nitrogen and oxygen atoms in total. The van der Waals surface area contributed by atoms with Gasteiger partial charge in [-0.25, -0.2) is 0 Å². The minimum atomic E-state index is -0.286. The first-order valence-electron chi connectivity index (χ1n) is 8.79. The van der Waals surface area contributed by atoms with Crippen LogP contribution in [0.25, 0.3) is 0 Å². The highest BCUT2D eigenvalue weighted by Gasteiger charge is 2.47. The van der Waals surface area contributed by atoms with Crippen molar-refractivity contribution >= 4 is 11.6 Å². The van der Waals surface area contributed by atoms with Crippen LogP contribution in [-0.4, -0.2) is 52.3 Å². The molecule has 1 aromatic carbocycles. The number of anilines is 1. The number of likely N-dealkylation sites (tertiary alicyclic amines) is 1. The molecule has 1 aromatic heterocycles. The summed E-state index contributed by atoms with van der Waals surface area (Å²) in [6.45, 7) is 3.75. The summed E-state index contributed by atoms with van der Waals surface area (Å²) in [6.07, 6.45) is 1.67. The molecule has 2 fully saturated rings. The molecule has 0 bridgehead atoms. The highest BCUT2D eigenvalue weighted by atomic mass is 16.5.